The molecule has 1 amide bonds. The van der Waals surface area contributed by atoms with E-state index in [4.69, 9.17) is 0 Å². The maximum absolute atomic E-state index is 12.1. The number of carbonyl (C=O) groups excluding carboxylic acids is 1. The fraction of sp³-hybridized carbons (Fsp3) is 0.435. The highest BCUT2D eigenvalue weighted by Crippen LogP contribution is 2.09. The standard InChI is InChI=1S/C23H31N3O/c1-20-8-5-6-11-22(20)18-23(27)24-12-7-13-25-14-16-26(17-15-25)19-21-9-3-2-4-10-21/h2-6,8-11H,7,12-19H2,1H3,(H,24,27). The van der Waals surface area contributed by atoms with Crippen LogP contribution < -0.4 is 5.32 Å². The molecule has 3 rings (SSSR count). The number of nitrogens with one attached hydrogen (secondary N) is 1. The molecular weight excluding hydrogens is 334 g/mol. The van der Waals surface area contributed by atoms with E-state index in [1.807, 2.05) is 18.2 Å². The van der Waals surface area contributed by atoms with Crippen molar-refractivity contribution in [3.05, 3.63) is 71.3 Å². The summed E-state index contributed by atoms with van der Waals surface area (Å²) in [5.74, 6) is 0.122. The lowest BCUT2D eigenvalue weighted by molar-refractivity contribution is -0.120. The van der Waals surface area contributed by atoms with Gasteiger partial charge in [-0.15, -0.1) is 0 Å². The Bertz CT molecular complexity index is 709. The van der Waals surface area contributed by atoms with Crippen molar-refractivity contribution >= 4 is 5.91 Å². The number of rotatable bonds is 8. The van der Waals surface area contributed by atoms with Gasteiger partial charge in [0, 0.05) is 39.3 Å². The van der Waals surface area contributed by atoms with Gasteiger partial charge < -0.3 is 10.2 Å². The minimum absolute atomic E-state index is 0.122. The first-order chi connectivity index (χ1) is 13.2. The van der Waals surface area contributed by atoms with E-state index in [-0.39, 0.29) is 5.91 Å². The minimum Gasteiger partial charge on any atom is -0.356 e. The maximum Gasteiger partial charge on any atom is 0.224 e. The Hall–Kier alpha value is -2.17. The average Bonchev–Trinajstić information content (AvgIpc) is 2.69. The molecule has 4 heteroatoms. The number of benzene rings is 2. The first-order valence-corrected chi connectivity index (χ1v) is 10.0. The van der Waals surface area contributed by atoms with E-state index in [0.29, 0.717) is 6.42 Å². The van der Waals surface area contributed by atoms with Crippen molar-refractivity contribution in [3.63, 3.8) is 0 Å². The zero-order valence-electron chi connectivity index (χ0n) is 16.4. The van der Waals surface area contributed by atoms with Crippen LogP contribution in [0.5, 0.6) is 0 Å². The van der Waals surface area contributed by atoms with Crippen molar-refractivity contribution in [2.45, 2.75) is 26.3 Å². The molecule has 0 bridgehead atoms. The second-order valence-corrected chi connectivity index (χ2v) is 7.41. The monoisotopic (exact) mass is 365 g/mol. The van der Waals surface area contributed by atoms with Gasteiger partial charge in [-0.1, -0.05) is 54.6 Å². The summed E-state index contributed by atoms with van der Waals surface area (Å²) in [5.41, 5.74) is 3.69. The van der Waals surface area contributed by atoms with Gasteiger partial charge in [-0.2, -0.15) is 0 Å². The molecule has 1 N–H and O–H groups in total. The van der Waals surface area contributed by atoms with Gasteiger partial charge in [0.2, 0.25) is 5.91 Å². The average molecular weight is 366 g/mol. The molecule has 1 aliphatic heterocycles. The minimum atomic E-state index is 0.122. The van der Waals surface area contributed by atoms with Crippen LogP contribution in [0.1, 0.15) is 23.1 Å². The van der Waals surface area contributed by atoms with E-state index in [9.17, 15) is 4.79 Å². The third-order valence-electron chi connectivity index (χ3n) is 5.30. The predicted octanol–water partition coefficient (Wildman–Crippen LogP) is 2.86. The number of hydrogen-bond acceptors (Lipinski definition) is 3. The first kappa shape index (κ1) is 19.6. The van der Waals surface area contributed by atoms with Gasteiger partial charge in [0.1, 0.15) is 0 Å². The summed E-state index contributed by atoms with van der Waals surface area (Å²) in [5, 5.41) is 3.06. The molecule has 144 valence electrons. The molecule has 4 nitrogen and oxygen atoms in total. The van der Waals surface area contributed by atoms with Crippen molar-refractivity contribution in [1.82, 2.24) is 15.1 Å². The molecule has 0 atom stereocenters. The van der Waals surface area contributed by atoms with E-state index in [2.05, 4.69) is 58.4 Å². The van der Waals surface area contributed by atoms with Crippen molar-refractivity contribution in [3.8, 4) is 0 Å². The second-order valence-electron chi connectivity index (χ2n) is 7.41. The molecule has 0 spiro atoms. The quantitative estimate of drug-likeness (QED) is 0.731. The Morgan fingerprint density at radius 3 is 2.33 bits per heavy atom. The molecule has 0 unspecified atom stereocenters. The molecular formula is C23H31N3O. The Morgan fingerprint density at radius 1 is 0.926 bits per heavy atom. The molecule has 2 aromatic rings. The van der Waals surface area contributed by atoms with Crippen LogP contribution in [0.3, 0.4) is 0 Å². The molecule has 0 aliphatic carbocycles. The largest absolute Gasteiger partial charge is 0.356 e. The van der Waals surface area contributed by atoms with Gasteiger partial charge >= 0.3 is 0 Å². The Kier molecular flexibility index (Phi) is 7.43. The van der Waals surface area contributed by atoms with Crippen LogP contribution in [-0.4, -0.2) is 55.0 Å². The maximum atomic E-state index is 12.1. The highest BCUT2D eigenvalue weighted by molar-refractivity contribution is 5.78. The molecule has 1 aliphatic rings. The van der Waals surface area contributed by atoms with Gasteiger partial charge in [0.05, 0.1) is 6.42 Å². The lowest BCUT2D eigenvalue weighted by Gasteiger charge is -2.34. The lowest BCUT2D eigenvalue weighted by Crippen LogP contribution is -2.46. The summed E-state index contributed by atoms with van der Waals surface area (Å²) in [7, 11) is 0. The van der Waals surface area contributed by atoms with Crippen LogP contribution in [-0.2, 0) is 17.8 Å². The normalized spacial score (nSPS) is 15.6. The van der Waals surface area contributed by atoms with Gasteiger partial charge in [0.25, 0.3) is 0 Å². The summed E-state index contributed by atoms with van der Waals surface area (Å²) >= 11 is 0. The van der Waals surface area contributed by atoms with Gasteiger partial charge in [0.15, 0.2) is 0 Å². The summed E-state index contributed by atoms with van der Waals surface area (Å²) in [4.78, 5) is 17.1. The van der Waals surface area contributed by atoms with Crippen molar-refractivity contribution in [1.29, 1.82) is 0 Å². The van der Waals surface area contributed by atoms with Gasteiger partial charge in [-0.3, -0.25) is 9.69 Å². The number of carbonyl (C=O) groups is 1. The summed E-state index contributed by atoms with van der Waals surface area (Å²) in [6.45, 7) is 9.39. The van der Waals surface area contributed by atoms with Crippen LogP contribution in [0.15, 0.2) is 54.6 Å². The Morgan fingerprint density at radius 2 is 1.59 bits per heavy atom. The van der Waals surface area contributed by atoms with Crippen LogP contribution in [0.4, 0.5) is 0 Å². The Balaban J connectivity index is 1.28. The summed E-state index contributed by atoms with van der Waals surface area (Å²) in [6.07, 6.45) is 1.49. The number of piperazine rings is 1. The molecule has 0 radical (unpaired) electrons. The third-order valence-corrected chi connectivity index (χ3v) is 5.30. The van der Waals surface area contributed by atoms with Crippen molar-refractivity contribution in [2.24, 2.45) is 0 Å². The predicted molar refractivity (Wildman–Crippen MR) is 111 cm³/mol. The molecule has 0 saturated carbocycles. The van der Waals surface area contributed by atoms with E-state index in [1.165, 1.54) is 11.1 Å². The molecule has 1 heterocycles. The topological polar surface area (TPSA) is 35.6 Å². The Labute approximate surface area is 163 Å². The first-order valence-electron chi connectivity index (χ1n) is 10.0. The van der Waals surface area contributed by atoms with Crippen molar-refractivity contribution < 1.29 is 4.79 Å². The fourth-order valence-electron chi connectivity index (χ4n) is 3.59. The molecule has 27 heavy (non-hydrogen) atoms. The molecule has 0 aromatic heterocycles. The van der Waals surface area contributed by atoms with Crippen LogP contribution >= 0.6 is 0 Å². The van der Waals surface area contributed by atoms with Gasteiger partial charge in [-0.05, 0) is 36.6 Å². The van der Waals surface area contributed by atoms with E-state index in [1.54, 1.807) is 0 Å². The summed E-state index contributed by atoms with van der Waals surface area (Å²) < 4.78 is 0. The van der Waals surface area contributed by atoms with Crippen LogP contribution in [0, 0.1) is 6.92 Å². The molecule has 1 saturated heterocycles. The molecule has 2 aromatic carbocycles. The lowest BCUT2D eigenvalue weighted by atomic mass is 10.1. The van der Waals surface area contributed by atoms with Crippen LogP contribution in [0.2, 0.25) is 0 Å². The zero-order valence-corrected chi connectivity index (χ0v) is 16.4. The highest BCUT2D eigenvalue weighted by atomic mass is 16.1. The van der Waals surface area contributed by atoms with Gasteiger partial charge in [-0.25, -0.2) is 0 Å². The van der Waals surface area contributed by atoms with E-state index in [0.717, 1.165) is 57.8 Å². The number of aryl methyl sites for hydroxylation is 1. The summed E-state index contributed by atoms with van der Waals surface area (Å²) in [6, 6.07) is 18.8. The number of hydrogen-bond donors (Lipinski definition) is 1. The number of amides is 1. The number of nitrogens with zero attached hydrogens (tertiary/aromatic N) is 2. The van der Waals surface area contributed by atoms with Crippen molar-refractivity contribution in [2.75, 3.05) is 39.3 Å². The van der Waals surface area contributed by atoms with E-state index >= 15 is 0 Å². The smallest absolute Gasteiger partial charge is 0.224 e. The SMILES string of the molecule is Cc1ccccc1CC(=O)NCCCN1CCN(Cc2ccccc2)CC1. The third kappa shape index (κ3) is 6.49. The second kappa shape index (κ2) is 10.2. The molecule has 1 fully saturated rings. The van der Waals surface area contributed by atoms with E-state index < -0.39 is 0 Å². The zero-order chi connectivity index (χ0) is 18.9. The van der Waals surface area contributed by atoms with Crippen LogP contribution in [0.25, 0.3) is 0 Å². The highest BCUT2D eigenvalue weighted by Gasteiger charge is 2.16. The fourth-order valence-corrected chi connectivity index (χ4v) is 3.59.